The summed E-state index contributed by atoms with van der Waals surface area (Å²) in [6.45, 7) is 5.19. The Morgan fingerprint density at radius 3 is 2.23 bits per heavy atom. The molecule has 0 spiro atoms. The SMILES string of the molecule is CC(=O)NC(CC(=O)N1CCN(c2ccc(C(F)(F)F)cn2)CC1)c1ccc(C)cc1. The summed E-state index contributed by atoms with van der Waals surface area (Å²) in [5.74, 6) is 0.159. The molecule has 9 heteroatoms. The minimum atomic E-state index is -4.42. The molecular weight excluding hydrogens is 409 g/mol. The highest BCUT2D eigenvalue weighted by molar-refractivity contribution is 5.79. The van der Waals surface area contributed by atoms with Gasteiger partial charge in [-0.1, -0.05) is 29.8 Å². The highest BCUT2D eigenvalue weighted by Gasteiger charge is 2.31. The number of benzene rings is 1. The zero-order valence-corrected chi connectivity index (χ0v) is 17.4. The summed E-state index contributed by atoms with van der Waals surface area (Å²) < 4.78 is 38.1. The van der Waals surface area contributed by atoms with Crippen molar-refractivity contribution in [2.75, 3.05) is 31.1 Å². The molecule has 166 valence electrons. The molecular formula is C22H25F3N4O2. The van der Waals surface area contributed by atoms with Crippen molar-refractivity contribution in [1.82, 2.24) is 15.2 Å². The smallest absolute Gasteiger partial charge is 0.353 e. The Kier molecular flexibility index (Phi) is 6.82. The predicted octanol–water partition coefficient (Wildman–Crippen LogP) is 3.32. The predicted molar refractivity (Wildman–Crippen MR) is 110 cm³/mol. The van der Waals surface area contributed by atoms with Crippen molar-refractivity contribution in [3.63, 3.8) is 0 Å². The molecule has 1 aliphatic rings. The second-order valence-corrected chi connectivity index (χ2v) is 7.64. The lowest BCUT2D eigenvalue weighted by atomic mass is 10.0. The van der Waals surface area contributed by atoms with Gasteiger partial charge in [0.05, 0.1) is 18.0 Å². The topological polar surface area (TPSA) is 65.5 Å². The Labute approximate surface area is 179 Å². The molecule has 2 aromatic rings. The van der Waals surface area contributed by atoms with Gasteiger partial charge in [-0.15, -0.1) is 0 Å². The average Bonchev–Trinajstić information content (AvgIpc) is 2.73. The van der Waals surface area contributed by atoms with Gasteiger partial charge < -0.3 is 15.1 Å². The maximum atomic E-state index is 12.8. The number of aromatic nitrogens is 1. The minimum Gasteiger partial charge on any atom is -0.353 e. The van der Waals surface area contributed by atoms with Crippen molar-refractivity contribution in [2.24, 2.45) is 0 Å². The number of nitrogens with zero attached hydrogens (tertiary/aromatic N) is 3. The minimum absolute atomic E-state index is 0.0839. The average molecular weight is 434 g/mol. The van der Waals surface area contributed by atoms with Crippen molar-refractivity contribution < 1.29 is 22.8 Å². The normalized spacial score (nSPS) is 15.5. The second-order valence-electron chi connectivity index (χ2n) is 7.64. The van der Waals surface area contributed by atoms with Gasteiger partial charge in [0.25, 0.3) is 0 Å². The lowest BCUT2D eigenvalue weighted by Gasteiger charge is -2.36. The largest absolute Gasteiger partial charge is 0.417 e. The summed E-state index contributed by atoms with van der Waals surface area (Å²) in [5.41, 5.74) is 1.16. The van der Waals surface area contributed by atoms with Crippen LogP contribution in [0.3, 0.4) is 0 Å². The number of aryl methyl sites for hydroxylation is 1. The van der Waals surface area contributed by atoms with Crippen molar-refractivity contribution in [1.29, 1.82) is 0 Å². The van der Waals surface area contributed by atoms with Crippen LogP contribution >= 0.6 is 0 Å². The number of hydrogen-bond acceptors (Lipinski definition) is 4. The van der Waals surface area contributed by atoms with Gasteiger partial charge in [-0.2, -0.15) is 13.2 Å². The number of piperazine rings is 1. The van der Waals surface area contributed by atoms with Crippen LogP contribution in [-0.4, -0.2) is 47.9 Å². The number of carbonyl (C=O) groups excluding carboxylic acids is 2. The van der Waals surface area contributed by atoms with E-state index in [4.69, 9.17) is 0 Å². The molecule has 1 aliphatic heterocycles. The van der Waals surface area contributed by atoms with E-state index in [2.05, 4.69) is 10.3 Å². The van der Waals surface area contributed by atoms with Gasteiger partial charge in [-0.05, 0) is 24.6 Å². The molecule has 0 saturated carbocycles. The van der Waals surface area contributed by atoms with E-state index in [-0.39, 0.29) is 18.2 Å². The quantitative estimate of drug-likeness (QED) is 0.784. The number of alkyl halides is 3. The number of amides is 2. The standard InChI is InChI=1S/C22H25F3N4O2/c1-15-3-5-17(6-4-15)19(27-16(2)30)13-21(31)29-11-9-28(10-12-29)20-8-7-18(14-26-20)22(23,24)25/h3-8,14,19H,9-13H2,1-2H3,(H,27,30). The molecule has 1 unspecified atom stereocenters. The van der Waals surface area contributed by atoms with E-state index in [0.29, 0.717) is 32.0 Å². The molecule has 2 heterocycles. The fourth-order valence-corrected chi connectivity index (χ4v) is 3.53. The molecule has 1 aromatic carbocycles. The van der Waals surface area contributed by atoms with Crippen LogP contribution in [0.4, 0.5) is 19.0 Å². The van der Waals surface area contributed by atoms with Gasteiger partial charge in [0.2, 0.25) is 11.8 Å². The maximum Gasteiger partial charge on any atom is 0.417 e. The first-order chi connectivity index (χ1) is 14.6. The van der Waals surface area contributed by atoms with E-state index < -0.39 is 17.8 Å². The highest BCUT2D eigenvalue weighted by Crippen LogP contribution is 2.29. The summed E-state index contributed by atoms with van der Waals surface area (Å²) in [6, 6.07) is 9.62. The van der Waals surface area contributed by atoms with Gasteiger partial charge in [-0.25, -0.2) is 4.98 Å². The fraction of sp³-hybridized carbons (Fsp3) is 0.409. The number of nitrogens with one attached hydrogen (secondary N) is 1. The van der Waals surface area contributed by atoms with Crippen molar-refractivity contribution in [3.05, 3.63) is 59.3 Å². The summed E-state index contributed by atoms with van der Waals surface area (Å²) in [7, 11) is 0. The van der Waals surface area contributed by atoms with Gasteiger partial charge in [0.1, 0.15) is 5.82 Å². The molecule has 6 nitrogen and oxygen atoms in total. The third-order valence-electron chi connectivity index (χ3n) is 5.27. The van der Waals surface area contributed by atoms with Crippen LogP contribution in [0, 0.1) is 6.92 Å². The van der Waals surface area contributed by atoms with Crippen LogP contribution in [0.2, 0.25) is 0 Å². The number of pyridine rings is 1. The number of carbonyl (C=O) groups is 2. The molecule has 1 N–H and O–H groups in total. The maximum absolute atomic E-state index is 12.8. The second kappa shape index (κ2) is 9.36. The van der Waals surface area contributed by atoms with Crippen LogP contribution in [0.15, 0.2) is 42.6 Å². The Balaban J connectivity index is 1.59. The molecule has 2 amide bonds. The van der Waals surface area contributed by atoms with Gasteiger partial charge >= 0.3 is 6.18 Å². The molecule has 0 bridgehead atoms. The summed E-state index contributed by atoms with van der Waals surface area (Å²) in [4.78, 5) is 32.0. The summed E-state index contributed by atoms with van der Waals surface area (Å²) in [5, 5.41) is 2.84. The molecule has 1 saturated heterocycles. The molecule has 3 rings (SSSR count). The van der Waals surface area contributed by atoms with Crippen molar-refractivity contribution in [2.45, 2.75) is 32.5 Å². The third-order valence-corrected chi connectivity index (χ3v) is 5.27. The third kappa shape index (κ3) is 5.96. The van der Waals surface area contributed by atoms with Gasteiger partial charge in [0.15, 0.2) is 0 Å². The first kappa shape index (κ1) is 22.6. The molecule has 1 aromatic heterocycles. The first-order valence-corrected chi connectivity index (χ1v) is 10.0. The Morgan fingerprint density at radius 1 is 1.06 bits per heavy atom. The van der Waals surface area contributed by atoms with E-state index in [1.165, 1.54) is 13.0 Å². The number of halogens is 3. The number of hydrogen-bond donors (Lipinski definition) is 1. The van der Waals surface area contributed by atoms with Gasteiger partial charge in [-0.3, -0.25) is 9.59 Å². The Hall–Kier alpha value is -3.10. The summed E-state index contributed by atoms with van der Waals surface area (Å²) in [6.07, 6.45) is -3.45. The Morgan fingerprint density at radius 2 is 1.71 bits per heavy atom. The van der Waals surface area contributed by atoms with Crippen molar-refractivity contribution in [3.8, 4) is 0 Å². The molecule has 31 heavy (non-hydrogen) atoms. The lowest BCUT2D eigenvalue weighted by Crippen LogP contribution is -2.49. The zero-order valence-electron chi connectivity index (χ0n) is 17.4. The molecule has 0 aliphatic carbocycles. The van der Waals surface area contributed by atoms with Gasteiger partial charge in [0, 0.05) is 39.3 Å². The number of anilines is 1. The highest BCUT2D eigenvalue weighted by atomic mass is 19.4. The van der Waals surface area contributed by atoms with Crippen LogP contribution in [0.5, 0.6) is 0 Å². The van der Waals surface area contributed by atoms with E-state index in [9.17, 15) is 22.8 Å². The van der Waals surface area contributed by atoms with Crippen LogP contribution in [0.25, 0.3) is 0 Å². The van der Waals surface area contributed by atoms with E-state index in [1.807, 2.05) is 36.1 Å². The molecule has 1 atom stereocenters. The van der Waals surface area contributed by atoms with Crippen LogP contribution < -0.4 is 10.2 Å². The van der Waals surface area contributed by atoms with E-state index >= 15 is 0 Å². The molecule has 1 fully saturated rings. The fourth-order valence-electron chi connectivity index (χ4n) is 3.53. The lowest BCUT2D eigenvalue weighted by molar-refractivity contribution is -0.138. The van der Waals surface area contributed by atoms with Crippen LogP contribution in [-0.2, 0) is 15.8 Å². The first-order valence-electron chi connectivity index (χ1n) is 10.0. The van der Waals surface area contributed by atoms with Crippen LogP contribution in [0.1, 0.15) is 36.1 Å². The Bertz CT molecular complexity index is 906. The molecule has 0 radical (unpaired) electrons. The van der Waals surface area contributed by atoms with E-state index in [1.54, 1.807) is 4.90 Å². The zero-order chi connectivity index (χ0) is 22.6. The number of rotatable bonds is 5. The monoisotopic (exact) mass is 434 g/mol. The van der Waals surface area contributed by atoms with E-state index in [0.717, 1.165) is 23.4 Å². The summed E-state index contributed by atoms with van der Waals surface area (Å²) >= 11 is 0. The van der Waals surface area contributed by atoms with Crippen molar-refractivity contribution >= 4 is 17.6 Å².